The van der Waals surface area contributed by atoms with Gasteiger partial charge in [-0.1, -0.05) is 47.6 Å². The van der Waals surface area contributed by atoms with E-state index in [1.807, 2.05) is 0 Å². The molecule has 0 saturated heterocycles. The largest absolute Gasteiger partial charge is 0.359 e. The van der Waals surface area contributed by atoms with Crippen LogP contribution >= 0.6 is 15.9 Å². The van der Waals surface area contributed by atoms with Crippen LogP contribution in [0.25, 0.3) is 5.70 Å². The van der Waals surface area contributed by atoms with Gasteiger partial charge in [-0.2, -0.15) is 0 Å². The zero-order chi connectivity index (χ0) is 10.8. The highest BCUT2D eigenvalue weighted by atomic mass is 79.9. The van der Waals surface area contributed by atoms with Crippen molar-refractivity contribution in [3.63, 3.8) is 0 Å². The first kappa shape index (κ1) is 10.5. The number of nitrogens with one attached hydrogen (secondary N) is 1. The Kier molecular flexibility index (Phi) is 2.96. The lowest BCUT2D eigenvalue weighted by molar-refractivity contribution is 0.641. The molecule has 1 unspecified atom stereocenters. The first-order chi connectivity index (χ1) is 7.16. The summed E-state index contributed by atoms with van der Waals surface area (Å²) in [5.41, 5.74) is 3.49. The van der Waals surface area contributed by atoms with E-state index >= 15 is 0 Å². The van der Waals surface area contributed by atoms with E-state index in [1.165, 1.54) is 11.3 Å². The normalized spacial score (nSPS) is 20.8. The highest BCUT2D eigenvalue weighted by Gasteiger charge is 2.13. The van der Waals surface area contributed by atoms with E-state index in [0.29, 0.717) is 5.92 Å². The number of halogens is 1. The fraction of sp³-hybridized carbons (Fsp3) is 0.231. The van der Waals surface area contributed by atoms with Gasteiger partial charge in [0.15, 0.2) is 0 Å². The van der Waals surface area contributed by atoms with Crippen LogP contribution in [0.1, 0.15) is 18.9 Å². The molecule has 0 spiro atoms. The predicted molar refractivity (Wildman–Crippen MR) is 68.2 cm³/mol. The van der Waals surface area contributed by atoms with Gasteiger partial charge >= 0.3 is 0 Å². The second-order valence-electron chi connectivity index (χ2n) is 3.91. The molecule has 1 N–H and O–H groups in total. The summed E-state index contributed by atoms with van der Waals surface area (Å²) < 4.78 is 1.11. The molecule has 1 heterocycles. The summed E-state index contributed by atoms with van der Waals surface area (Å²) in [6.07, 6.45) is 3.31. The minimum atomic E-state index is 0.532. The smallest absolute Gasteiger partial charge is 0.0415 e. The van der Waals surface area contributed by atoms with E-state index in [0.717, 1.165) is 16.6 Å². The summed E-state index contributed by atoms with van der Waals surface area (Å²) in [5.74, 6) is 0.532. The summed E-state index contributed by atoms with van der Waals surface area (Å²) in [7, 11) is 0. The zero-order valence-electron chi connectivity index (χ0n) is 8.76. The lowest BCUT2D eigenvalue weighted by Gasteiger charge is -2.23. The van der Waals surface area contributed by atoms with Crippen LogP contribution < -0.4 is 5.32 Å². The van der Waals surface area contributed by atoms with Crippen LogP contribution in [-0.2, 0) is 0 Å². The van der Waals surface area contributed by atoms with Crippen molar-refractivity contribution in [1.82, 2.24) is 5.32 Å². The van der Waals surface area contributed by atoms with Crippen LogP contribution in [0, 0.1) is 5.92 Å². The fourth-order valence-corrected chi connectivity index (χ4v) is 1.87. The monoisotopic (exact) mass is 263 g/mol. The third kappa shape index (κ3) is 2.32. The van der Waals surface area contributed by atoms with Crippen LogP contribution in [0.4, 0.5) is 0 Å². The van der Waals surface area contributed by atoms with E-state index < -0.39 is 0 Å². The molecule has 0 aliphatic carbocycles. The first-order valence-corrected chi connectivity index (χ1v) is 5.88. The average Bonchev–Trinajstić information content (AvgIpc) is 2.23. The van der Waals surface area contributed by atoms with E-state index in [1.54, 1.807) is 0 Å². The average molecular weight is 264 g/mol. The van der Waals surface area contributed by atoms with Crippen LogP contribution in [0.2, 0.25) is 0 Å². The van der Waals surface area contributed by atoms with Gasteiger partial charge in [0.2, 0.25) is 0 Å². The second-order valence-corrected chi connectivity index (χ2v) is 4.83. The van der Waals surface area contributed by atoms with Gasteiger partial charge in [-0.3, -0.25) is 0 Å². The molecule has 78 valence electrons. The van der Waals surface area contributed by atoms with Gasteiger partial charge in [0, 0.05) is 15.9 Å². The molecule has 1 aliphatic heterocycles. The Morgan fingerprint density at radius 2 is 2.00 bits per heavy atom. The molecule has 1 atom stereocenters. The van der Waals surface area contributed by atoms with Gasteiger partial charge in [0.1, 0.15) is 0 Å². The number of hydrogen-bond donors (Lipinski definition) is 1. The Balaban J connectivity index is 2.25. The van der Waals surface area contributed by atoms with Gasteiger partial charge in [0.25, 0.3) is 0 Å². The number of benzene rings is 1. The number of hydrogen-bond acceptors (Lipinski definition) is 1. The van der Waals surface area contributed by atoms with E-state index in [2.05, 4.69) is 65.1 Å². The molecule has 1 aliphatic rings. The fourth-order valence-electron chi connectivity index (χ4n) is 1.60. The van der Waals surface area contributed by atoms with Crippen LogP contribution in [0.3, 0.4) is 0 Å². The molecule has 1 aromatic carbocycles. The van der Waals surface area contributed by atoms with Crippen molar-refractivity contribution in [3.05, 3.63) is 52.7 Å². The van der Waals surface area contributed by atoms with Gasteiger partial charge < -0.3 is 5.32 Å². The molecule has 0 radical (unpaired) electrons. The van der Waals surface area contributed by atoms with Gasteiger partial charge in [-0.15, -0.1) is 0 Å². The maximum atomic E-state index is 4.03. The summed E-state index contributed by atoms with van der Waals surface area (Å²) in [4.78, 5) is 0. The van der Waals surface area contributed by atoms with Crippen molar-refractivity contribution in [2.75, 3.05) is 0 Å². The SMILES string of the molecule is C=C1NC(c2ccc(Br)cc2)=CCC1C. The van der Waals surface area contributed by atoms with E-state index in [4.69, 9.17) is 0 Å². The lowest BCUT2D eigenvalue weighted by Crippen LogP contribution is -2.20. The second kappa shape index (κ2) is 4.23. The van der Waals surface area contributed by atoms with E-state index in [-0.39, 0.29) is 0 Å². The van der Waals surface area contributed by atoms with Crippen molar-refractivity contribution < 1.29 is 0 Å². The van der Waals surface area contributed by atoms with E-state index in [9.17, 15) is 0 Å². The summed E-state index contributed by atoms with van der Waals surface area (Å²) >= 11 is 3.43. The lowest BCUT2D eigenvalue weighted by atomic mass is 9.97. The molecular weight excluding hydrogens is 250 g/mol. The standard InChI is InChI=1S/C13H14BrN/c1-9-3-8-13(15-10(9)2)11-4-6-12(14)7-5-11/h4-9,15H,2-3H2,1H3. The van der Waals surface area contributed by atoms with Crippen molar-refractivity contribution in [2.45, 2.75) is 13.3 Å². The summed E-state index contributed by atoms with van der Waals surface area (Å²) in [6, 6.07) is 8.32. The molecule has 0 aromatic heterocycles. The highest BCUT2D eigenvalue weighted by Crippen LogP contribution is 2.25. The maximum absolute atomic E-state index is 4.03. The van der Waals surface area contributed by atoms with Crippen LogP contribution in [0.5, 0.6) is 0 Å². The molecule has 0 amide bonds. The predicted octanol–water partition coefficient (Wildman–Crippen LogP) is 3.93. The van der Waals surface area contributed by atoms with Crippen molar-refractivity contribution in [1.29, 1.82) is 0 Å². The van der Waals surface area contributed by atoms with Gasteiger partial charge in [0.05, 0.1) is 0 Å². The number of rotatable bonds is 1. The first-order valence-electron chi connectivity index (χ1n) is 5.09. The quantitative estimate of drug-likeness (QED) is 0.810. The van der Waals surface area contributed by atoms with Crippen LogP contribution in [-0.4, -0.2) is 0 Å². The van der Waals surface area contributed by atoms with Crippen LogP contribution in [0.15, 0.2) is 47.1 Å². The molecule has 0 fully saturated rings. The third-order valence-corrected chi connectivity index (χ3v) is 3.25. The Morgan fingerprint density at radius 1 is 1.33 bits per heavy atom. The van der Waals surface area contributed by atoms with Gasteiger partial charge in [-0.05, 0) is 30.0 Å². The molecule has 1 nitrogen and oxygen atoms in total. The Hall–Kier alpha value is -1.02. The molecule has 0 saturated carbocycles. The van der Waals surface area contributed by atoms with Crippen molar-refractivity contribution in [2.24, 2.45) is 5.92 Å². The summed E-state index contributed by atoms with van der Waals surface area (Å²) in [6.45, 7) is 6.21. The minimum absolute atomic E-state index is 0.532. The van der Waals surface area contributed by atoms with Gasteiger partial charge in [-0.25, -0.2) is 0 Å². The molecule has 2 rings (SSSR count). The Bertz CT molecular complexity index is 403. The Morgan fingerprint density at radius 3 is 2.60 bits per heavy atom. The molecule has 2 heteroatoms. The molecular formula is C13H14BrN. The molecule has 0 bridgehead atoms. The van der Waals surface area contributed by atoms with Crippen molar-refractivity contribution in [3.8, 4) is 0 Å². The Labute approximate surface area is 99.0 Å². The maximum Gasteiger partial charge on any atom is 0.0415 e. The highest BCUT2D eigenvalue weighted by molar-refractivity contribution is 9.10. The molecule has 15 heavy (non-hydrogen) atoms. The number of allylic oxidation sites excluding steroid dienone is 2. The van der Waals surface area contributed by atoms with Crippen molar-refractivity contribution >= 4 is 21.6 Å². The third-order valence-electron chi connectivity index (χ3n) is 2.72. The minimum Gasteiger partial charge on any atom is -0.359 e. The summed E-state index contributed by atoms with van der Waals surface area (Å²) in [5, 5.41) is 3.35. The molecule has 1 aromatic rings. The zero-order valence-corrected chi connectivity index (χ0v) is 10.3. The topological polar surface area (TPSA) is 12.0 Å².